The molecule has 0 saturated heterocycles. The van der Waals surface area contributed by atoms with Gasteiger partial charge in [-0.3, -0.25) is 4.79 Å². The van der Waals surface area contributed by atoms with Crippen molar-refractivity contribution in [3.05, 3.63) is 11.1 Å². The van der Waals surface area contributed by atoms with Gasteiger partial charge in [-0.2, -0.15) is 0 Å². The van der Waals surface area contributed by atoms with Crippen molar-refractivity contribution in [2.24, 2.45) is 0 Å². The lowest BCUT2D eigenvalue weighted by molar-refractivity contribution is -0.141. The van der Waals surface area contributed by atoms with E-state index in [0.717, 1.165) is 0 Å². The minimum absolute atomic E-state index is 0.0437. The van der Waals surface area contributed by atoms with E-state index >= 15 is 0 Å². The first-order valence-electron chi connectivity index (χ1n) is 3.27. The highest BCUT2D eigenvalue weighted by Gasteiger charge is 2.07. The van der Waals surface area contributed by atoms with Gasteiger partial charge in [0.2, 0.25) is 5.28 Å². The highest BCUT2D eigenvalue weighted by Crippen LogP contribution is 2.02. The molecule has 1 aromatic rings. The topological polar surface area (TPSA) is 57.0 Å². The van der Waals surface area contributed by atoms with Crippen molar-refractivity contribution in [1.29, 1.82) is 0 Å². The van der Waals surface area contributed by atoms with Crippen LogP contribution in [-0.2, 0) is 16.1 Å². The van der Waals surface area contributed by atoms with Gasteiger partial charge in [-0.05, 0) is 18.5 Å². The fraction of sp³-hybridized carbons (Fsp3) is 0.500. The van der Waals surface area contributed by atoms with Crippen LogP contribution in [0.15, 0.2) is 0 Å². The first-order valence-corrected chi connectivity index (χ1v) is 3.65. The molecule has 0 spiro atoms. The van der Waals surface area contributed by atoms with Gasteiger partial charge in [-0.25, -0.2) is 9.67 Å². The minimum atomic E-state index is -0.375. The van der Waals surface area contributed by atoms with Crippen LogP contribution in [0.25, 0.3) is 0 Å². The molecule has 0 N–H and O–H groups in total. The van der Waals surface area contributed by atoms with E-state index < -0.39 is 0 Å². The molecule has 0 saturated carbocycles. The normalized spacial score (nSPS) is 9.92. The summed E-state index contributed by atoms with van der Waals surface area (Å²) in [5.41, 5.74) is 0. The highest BCUT2D eigenvalue weighted by molar-refractivity contribution is 6.28. The Kier molecular flexibility index (Phi) is 2.65. The number of rotatable bonds is 2. The zero-order valence-electron chi connectivity index (χ0n) is 6.74. The Morgan fingerprint density at radius 1 is 1.75 bits per heavy atom. The first-order chi connectivity index (χ1) is 5.63. The van der Waals surface area contributed by atoms with E-state index in [-0.39, 0.29) is 17.8 Å². The molecule has 5 nitrogen and oxygen atoms in total. The molecule has 0 aromatic carbocycles. The molecule has 0 unspecified atom stereocenters. The third-order valence-electron chi connectivity index (χ3n) is 1.34. The zero-order chi connectivity index (χ0) is 9.14. The Morgan fingerprint density at radius 3 is 2.83 bits per heavy atom. The maximum atomic E-state index is 10.8. The van der Waals surface area contributed by atoms with Gasteiger partial charge in [0.15, 0.2) is 0 Å². The van der Waals surface area contributed by atoms with Gasteiger partial charge < -0.3 is 4.74 Å². The predicted molar refractivity (Wildman–Crippen MR) is 41.8 cm³/mol. The van der Waals surface area contributed by atoms with Crippen LogP contribution in [0.1, 0.15) is 5.82 Å². The number of hydrogen-bond acceptors (Lipinski definition) is 4. The van der Waals surface area contributed by atoms with Gasteiger partial charge in [-0.1, -0.05) is 0 Å². The minimum Gasteiger partial charge on any atom is -0.468 e. The number of carbonyl (C=O) groups excluding carboxylic acids is 1. The van der Waals surface area contributed by atoms with Crippen molar-refractivity contribution >= 4 is 17.6 Å². The lowest BCUT2D eigenvalue weighted by Crippen LogP contribution is -2.13. The Hall–Kier alpha value is -1.10. The summed E-state index contributed by atoms with van der Waals surface area (Å²) in [6.07, 6.45) is 0. The summed E-state index contributed by atoms with van der Waals surface area (Å²) in [5, 5.41) is 3.90. The summed E-state index contributed by atoms with van der Waals surface area (Å²) in [6.45, 7) is 1.75. The molecular weight excluding hydrogens is 182 g/mol. The van der Waals surface area contributed by atoms with Crippen LogP contribution in [0.4, 0.5) is 0 Å². The fourth-order valence-electron chi connectivity index (χ4n) is 0.722. The van der Waals surface area contributed by atoms with Crippen LogP contribution >= 0.6 is 11.6 Å². The average molecular weight is 190 g/mol. The maximum Gasteiger partial charge on any atom is 0.327 e. The SMILES string of the molecule is COC(=O)Cn1nc(Cl)nc1C. The molecule has 0 aliphatic heterocycles. The molecule has 0 aliphatic rings. The summed E-state index contributed by atoms with van der Waals surface area (Å²) in [5.74, 6) is 0.213. The second-order valence-electron chi connectivity index (χ2n) is 2.16. The van der Waals surface area contributed by atoms with Gasteiger partial charge >= 0.3 is 5.97 Å². The van der Waals surface area contributed by atoms with E-state index in [1.54, 1.807) is 6.92 Å². The Morgan fingerprint density at radius 2 is 2.42 bits per heavy atom. The Labute approximate surface area is 74.3 Å². The molecule has 1 aromatic heterocycles. The molecule has 0 fully saturated rings. The molecule has 0 aliphatic carbocycles. The van der Waals surface area contributed by atoms with Gasteiger partial charge in [-0.15, -0.1) is 5.10 Å². The number of methoxy groups -OCH3 is 1. The van der Waals surface area contributed by atoms with Gasteiger partial charge in [0, 0.05) is 0 Å². The second kappa shape index (κ2) is 3.53. The van der Waals surface area contributed by atoms with Crippen LogP contribution in [-0.4, -0.2) is 27.8 Å². The predicted octanol–water partition coefficient (Wildman–Crippen LogP) is 0.413. The van der Waals surface area contributed by atoms with Crippen LogP contribution < -0.4 is 0 Å². The molecule has 1 heterocycles. The van der Waals surface area contributed by atoms with Crippen LogP contribution in [0.2, 0.25) is 5.28 Å². The molecule has 0 atom stereocenters. The number of halogens is 1. The summed E-state index contributed by atoms with van der Waals surface area (Å²) in [4.78, 5) is 14.6. The van der Waals surface area contributed by atoms with E-state index in [1.807, 2.05) is 0 Å². The molecule has 12 heavy (non-hydrogen) atoms. The van der Waals surface area contributed by atoms with Crippen LogP contribution in [0.3, 0.4) is 0 Å². The van der Waals surface area contributed by atoms with Crippen LogP contribution in [0.5, 0.6) is 0 Å². The lowest BCUT2D eigenvalue weighted by atomic mass is 10.6. The first kappa shape index (κ1) is 8.99. The number of esters is 1. The van der Waals surface area contributed by atoms with Crippen molar-refractivity contribution < 1.29 is 9.53 Å². The van der Waals surface area contributed by atoms with Crippen molar-refractivity contribution in [2.75, 3.05) is 7.11 Å². The standard InChI is InChI=1S/C6H8ClN3O2/c1-4-8-6(7)9-10(4)3-5(11)12-2/h3H2,1-2H3. The number of hydrogen-bond donors (Lipinski definition) is 0. The third kappa shape index (κ3) is 1.94. The molecule has 66 valence electrons. The number of ether oxygens (including phenoxy) is 1. The fourth-order valence-corrected chi connectivity index (χ4v) is 0.936. The summed E-state index contributed by atoms with van der Waals surface area (Å²) in [6, 6.07) is 0. The summed E-state index contributed by atoms with van der Waals surface area (Å²) < 4.78 is 5.83. The van der Waals surface area contributed by atoms with Crippen molar-refractivity contribution in [3.63, 3.8) is 0 Å². The smallest absolute Gasteiger partial charge is 0.327 e. The van der Waals surface area contributed by atoms with E-state index in [9.17, 15) is 4.79 Å². The quantitative estimate of drug-likeness (QED) is 0.633. The van der Waals surface area contributed by atoms with Gasteiger partial charge in [0.1, 0.15) is 12.4 Å². The highest BCUT2D eigenvalue weighted by atomic mass is 35.5. The molecular formula is C6H8ClN3O2. The Balaban J connectivity index is 2.75. The second-order valence-corrected chi connectivity index (χ2v) is 2.50. The molecule has 6 heteroatoms. The monoisotopic (exact) mass is 189 g/mol. The number of aryl methyl sites for hydroxylation is 1. The maximum absolute atomic E-state index is 10.8. The average Bonchev–Trinajstić information content (AvgIpc) is 2.30. The van der Waals surface area contributed by atoms with Crippen molar-refractivity contribution in [1.82, 2.24) is 14.8 Å². The number of aromatic nitrogens is 3. The third-order valence-corrected chi connectivity index (χ3v) is 1.50. The van der Waals surface area contributed by atoms with Crippen molar-refractivity contribution in [3.8, 4) is 0 Å². The van der Waals surface area contributed by atoms with Crippen molar-refractivity contribution in [2.45, 2.75) is 13.5 Å². The lowest BCUT2D eigenvalue weighted by Gasteiger charge is -1.99. The summed E-state index contributed by atoms with van der Waals surface area (Å²) in [7, 11) is 1.32. The van der Waals surface area contributed by atoms with Gasteiger partial charge in [0.25, 0.3) is 0 Å². The largest absolute Gasteiger partial charge is 0.468 e. The molecule has 0 bridgehead atoms. The molecule has 0 amide bonds. The van der Waals surface area contributed by atoms with E-state index in [1.165, 1.54) is 11.8 Å². The molecule has 0 radical (unpaired) electrons. The number of nitrogens with zero attached hydrogens (tertiary/aromatic N) is 3. The Bertz CT molecular complexity index is 297. The van der Waals surface area contributed by atoms with E-state index in [2.05, 4.69) is 14.8 Å². The van der Waals surface area contributed by atoms with Gasteiger partial charge in [0.05, 0.1) is 7.11 Å². The number of carbonyl (C=O) groups is 1. The van der Waals surface area contributed by atoms with E-state index in [4.69, 9.17) is 11.6 Å². The summed E-state index contributed by atoms with van der Waals surface area (Å²) >= 11 is 5.50. The van der Waals surface area contributed by atoms with Crippen LogP contribution in [0, 0.1) is 6.92 Å². The zero-order valence-corrected chi connectivity index (χ0v) is 7.50. The van der Waals surface area contributed by atoms with E-state index in [0.29, 0.717) is 5.82 Å². The molecule has 1 rings (SSSR count).